The Hall–Kier alpha value is -2.55. The summed E-state index contributed by atoms with van der Waals surface area (Å²) in [4.78, 5) is 3.38. The van der Waals surface area contributed by atoms with Crippen molar-refractivity contribution >= 4 is 17.4 Å². The molecule has 4 rings (SSSR count). The maximum atomic E-state index is 13.1. The summed E-state index contributed by atoms with van der Waals surface area (Å²) in [6.45, 7) is 11.2. The Morgan fingerprint density at radius 1 is 1.03 bits per heavy atom. The lowest BCUT2D eigenvalue weighted by molar-refractivity contribution is -0.253. The summed E-state index contributed by atoms with van der Waals surface area (Å²) in [5, 5.41) is 3.11. The van der Waals surface area contributed by atoms with Gasteiger partial charge < -0.3 is 10.2 Å². The van der Waals surface area contributed by atoms with E-state index < -0.39 is 23.8 Å². The summed E-state index contributed by atoms with van der Waals surface area (Å²) in [7, 11) is 0. The van der Waals surface area contributed by atoms with Gasteiger partial charge in [0.05, 0.1) is 6.04 Å². The highest BCUT2D eigenvalue weighted by Gasteiger charge is 2.57. The van der Waals surface area contributed by atoms with Gasteiger partial charge in [-0.05, 0) is 66.1 Å². The predicted octanol–water partition coefficient (Wildman–Crippen LogP) is 9.19. The number of alkyl halides is 6. The summed E-state index contributed by atoms with van der Waals surface area (Å²) in [6, 6.07) is 10.3. The Morgan fingerprint density at radius 2 is 1.68 bits per heavy atom. The van der Waals surface area contributed by atoms with Gasteiger partial charge in [-0.1, -0.05) is 44.7 Å². The van der Waals surface area contributed by atoms with Crippen molar-refractivity contribution in [2.45, 2.75) is 68.4 Å². The van der Waals surface area contributed by atoms with Crippen LogP contribution in [0.2, 0.25) is 0 Å². The molecule has 0 spiro atoms. The molecule has 2 aliphatic rings. The second-order valence-electron chi connectivity index (χ2n) is 9.75. The molecule has 9 heteroatoms. The van der Waals surface area contributed by atoms with Crippen molar-refractivity contribution in [1.82, 2.24) is 4.90 Å². The summed E-state index contributed by atoms with van der Waals surface area (Å²) < 4.78 is 78.6. The average molecular weight is 541 g/mol. The molecule has 1 N–H and O–H groups in total. The second kappa shape index (κ2) is 10.7. The molecule has 2 aromatic rings. The molecule has 1 unspecified atom stereocenters. The minimum absolute atomic E-state index is 0.255. The number of thioether (sulfide) groups is 1. The van der Waals surface area contributed by atoms with Gasteiger partial charge in [-0.3, -0.25) is 0 Å². The summed E-state index contributed by atoms with van der Waals surface area (Å²) in [5.41, 5.74) is 3.27. The Morgan fingerprint density at radius 3 is 2.24 bits per heavy atom. The second-order valence-corrected chi connectivity index (χ2v) is 10.8. The van der Waals surface area contributed by atoms with Gasteiger partial charge in [0.1, 0.15) is 0 Å². The van der Waals surface area contributed by atoms with E-state index in [4.69, 9.17) is 0 Å². The Bertz CT molecular complexity index is 1120. The van der Waals surface area contributed by atoms with E-state index in [-0.39, 0.29) is 6.04 Å². The van der Waals surface area contributed by atoms with E-state index in [0.717, 1.165) is 47.9 Å². The van der Waals surface area contributed by atoms with Crippen molar-refractivity contribution in [2.24, 2.45) is 5.92 Å². The number of hydrogen-bond donors (Lipinski definition) is 1. The van der Waals surface area contributed by atoms with Crippen molar-refractivity contribution < 1.29 is 26.3 Å². The van der Waals surface area contributed by atoms with Crippen LogP contribution in [0.15, 0.2) is 71.9 Å². The SMILES string of the molecule is C=C(Nc1ccc(C(C(F)(F)F)C(F)(F)F)cc1)C1c2ccc(SCC3CC3)cc2CN1C(=C)CCC. The molecule has 0 bridgehead atoms. The number of anilines is 1. The zero-order valence-electron chi connectivity index (χ0n) is 20.6. The van der Waals surface area contributed by atoms with Crippen molar-refractivity contribution in [3.63, 3.8) is 0 Å². The van der Waals surface area contributed by atoms with Crippen LogP contribution in [-0.2, 0) is 6.54 Å². The van der Waals surface area contributed by atoms with Gasteiger partial charge in [0.25, 0.3) is 0 Å². The Kier molecular flexibility index (Phi) is 7.93. The van der Waals surface area contributed by atoms with Crippen LogP contribution in [0.25, 0.3) is 0 Å². The maximum absolute atomic E-state index is 13.1. The van der Waals surface area contributed by atoms with Gasteiger partial charge in [-0.2, -0.15) is 26.3 Å². The third-order valence-electron chi connectivity index (χ3n) is 6.72. The number of rotatable bonds is 10. The first-order valence-electron chi connectivity index (χ1n) is 12.3. The van der Waals surface area contributed by atoms with E-state index in [1.54, 1.807) is 0 Å². The first kappa shape index (κ1) is 27.5. The fourth-order valence-electron chi connectivity index (χ4n) is 4.70. The lowest BCUT2D eigenvalue weighted by Crippen LogP contribution is -2.34. The Balaban J connectivity index is 1.54. The molecule has 1 aliphatic heterocycles. The van der Waals surface area contributed by atoms with E-state index in [1.807, 2.05) is 11.8 Å². The molecule has 37 heavy (non-hydrogen) atoms. The molecule has 2 nitrogen and oxygen atoms in total. The molecule has 0 aromatic heterocycles. The van der Waals surface area contributed by atoms with Gasteiger partial charge in [0.2, 0.25) is 0 Å². The van der Waals surface area contributed by atoms with Crippen LogP contribution in [0.4, 0.5) is 32.0 Å². The number of nitrogens with one attached hydrogen (secondary N) is 1. The largest absolute Gasteiger partial charge is 0.404 e. The molecule has 1 fully saturated rings. The molecule has 200 valence electrons. The average Bonchev–Trinajstić information content (AvgIpc) is 3.55. The number of allylic oxidation sites excluding steroid dienone is 1. The fourth-order valence-corrected chi connectivity index (χ4v) is 5.85. The summed E-state index contributed by atoms with van der Waals surface area (Å²) in [5.74, 6) is -1.61. The summed E-state index contributed by atoms with van der Waals surface area (Å²) >= 11 is 1.86. The van der Waals surface area contributed by atoms with Crippen LogP contribution in [0.3, 0.4) is 0 Å². The molecule has 1 saturated carbocycles. The number of hydrogen-bond acceptors (Lipinski definition) is 3. The fraction of sp³-hybridized carbons (Fsp3) is 0.429. The van der Waals surface area contributed by atoms with Crippen LogP contribution >= 0.6 is 11.8 Å². The number of fused-ring (bicyclic) bond motifs is 1. The summed E-state index contributed by atoms with van der Waals surface area (Å²) in [6.07, 6.45) is -6.55. The van der Waals surface area contributed by atoms with Gasteiger partial charge in [-0.25, -0.2) is 0 Å². The first-order valence-corrected chi connectivity index (χ1v) is 13.3. The van der Waals surface area contributed by atoms with Gasteiger partial charge >= 0.3 is 12.4 Å². The zero-order chi connectivity index (χ0) is 27.0. The van der Waals surface area contributed by atoms with Crippen LogP contribution in [0.1, 0.15) is 61.3 Å². The first-order chi connectivity index (χ1) is 17.4. The van der Waals surface area contributed by atoms with E-state index in [0.29, 0.717) is 17.9 Å². The monoisotopic (exact) mass is 540 g/mol. The Labute approximate surface area is 217 Å². The molecular formula is C28H30F6N2S. The molecule has 0 amide bonds. The molecular weight excluding hydrogens is 510 g/mol. The molecule has 0 radical (unpaired) electrons. The van der Waals surface area contributed by atoms with E-state index in [1.165, 1.54) is 35.4 Å². The number of benzene rings is 2. The minimum Gasteiger partial charge on any atom is -0.358 e. The number of halogens is 6. The van der Waals surface area contributed by atoms with E-state index in [9.17, 15) is 26.3 Å². The molecule has 1 atom stereocenters. The molecule has 1 heterocycles. The predicted molar refractivity (Wildman–Crippen MR) is 136 cm³/mol. The smallest absolute Gasteiger partial charge is 0.358 e. The third kappa shape index (κ3) is 6.48. The zero-order valence-corrected chi connectivity index (χ0v) is 21.4. The minimum atomic E-state index is -5.43. The molecule has 1 aliphatic carbocycles. The van der Waals surface area contributed by atoms with E-state index in [2.05, 4.69) is 48.5 Å². The highest BCUT2D eigenvalue weighted by Crippen LogP contribution is 2.47. The molecule has 0 saturated heterocycles. The quantitative estimate of drug-likeness (QED) is 0.239. The van der Waals surface area contributed by atoms with Crippen molar-refractivity contribution in [3.05, 3.63) is 83.7 Å². The van der Waals surface area contributed by atoms with Crippen LogP contribution in [0, 0.1) is 5.92 Å². The van der Waals surface area contributed by atoms with E-state index >= 15 is 0 Å². The standard InChI is InChI=1S/C28H30F6N2S/c1-4-5-17(2)36-15-21-14-23(37-16-19-6-7-19)12-13-24(21)25(36)18(3)35-22-10-8-20(9-11-22)26(27(29,30)31)28(32,33)34/h8-14,19,25-26,35H,2-7,15-16H2,1H3. The van der Waals surface area contributed by atoms with Gasteiger partial charge in [0.15, 0.2) is 5.92 Å². The third-order valence-corrected chi connectivity index (χ3v) is 7.95. The topological polar surface area (TPSA) is 15.3 Å². The van der Waals surface area contributed by atoms with Crippen LogP contribution in [0.5, 0.6) is 0 Å². The van der Waals surface area contributed by atoms with Crippen LogP contribution in [-0.4, -0.2) is 23.0 Å². The lowest BCUT2D eigenvalue weighted by Gasteiger charge is -2.31. The normalized spacial score (nSPS) is 17.7. The van der Waals surface area contributed by atoms with Crippen molar-refractivity contribution in [1.29, 1.82) is 0 Å². The highest BCUT2D eigenvalue weighted by atomic mass is 32.2. The number of nitrogens with zero attached hydrogens (tertiary/aromatic N) is 1. The van der Waals surface area contributed by atoms with Gasteiger partial charge in [0, 0.05) is 34.3 Å². The lowest BCUT2D eigenvalue weighted by atomic mass is 9.97. The molecule has 2 aromatic carbocycles. The maximum Gasteiger partial charge on any atom is 0.404 e. The van der Waals surface area contributed by atoms with Crippen molar-refractivity contribution in [2.75, 3.05) is 11.1 Å². The highest BCUT2D eigenvalue weighted by molar-refractivity contribution is 7.99. The van der Waals surface area contributed by atoms with Crippen molar-refractivity contribution in [3.8, 4) is 0 Å². The van der Waals surface area contributed by atoms with Gasteiger partial charge in [-0.15, -0.1) is 11.8 Å². The van der Waals surface area contributed by atoms with Crippen LogP contribution < -0.4 is 5.32 Å².